The normalized spacial score (nSPS) is 18.9. The molecule has 13 heteroatoms. The minimum atomic E-state index is -1.44. The third kappa shape index (κ3) is 4.67. The van der Waals surface area contributed by atoms with Gasteiger partial charge in [0.1, 0.15) is 17.1 Å². The van der Waals surface area contributed by atoms with E-state index >= 15 is 0 Å². The van der Waals surface area contributed by atoms with Gasteiger partial charge in [-0.15, -0.1) is 25.3 Å². The summed E-state index contributed by atoms with van der Waals surface area (Å²) < 4.78 is 26.7. The van der Waals surface area contributed by atoms with E-state index in [0.29, 0.717) is 0 Å². The molecule has 0 aliphatic carbocycles. The minimum absolute atomic E-state index is 0. The van der Waals surface area contributed by atoms with Gasteiger partial charge in [-0.2, -0.15) is 33.0 Å². The lowest BCUT2D eigenvalue weighted by atomic mass is 10.4. The Morgan fingerprint density at radius 3 is 1.53 bits per heavy atom. The molecule has 1 rings (SSSR count). The van der Waals surface area contributed by atoms with Crippen molar-refractivity contribution in [2.24, 2.45) is 0 Å². The maximum atomic E-state index is 12.4. The van der Waals surface area contributed by atoms with E-state index in [1.165, 1.54) is 0 Å². The predicted octanol–water partition coefficient (Wildman–Crippen LogP) is -8.49. The molecule has 0 saturated carbocycles. The highest BCUT2D eigenvalue weighted by Crippen LogP contribution is 2.59. The van der Waals surface area contributed by atoms with Crippen LogP contribution >= 0.6 is 74.8 Å². The molecule has 1 nitrogen and oxygen atoms in total. The summed E-state index contributed by atoms with van der Waals surface area (Å²) in [6.07, 6.45) is 0. The Kier molecular flexibility index (Phi) is 14.4. The zero-order chi connectivity index (χ0) is 10.3. The van der Waals surface area contributed by atoms with E-state index in [1.54, 1.807) is 0 Å². The summed E-state index contributed by atoms with van der Waals surface area (Å²) in [6, 6.07) is 0. The molecule has 0 aromatic heterocycles. The molecule has 1 aliphatic rings. The second-order valence-corrected chi connectivity index (χ2v) is 6.55. The van der Waals surface area contributed by atoms with Gasteiger partial charge in [0.05, 0.1) is 12.1 Å². The van der Waals surface area contributed by atoms with E-state index in [9.17, 15) is 7.77 Å². The van der Waals surface area contributed by atoms with Crippen molar-refractivity contribution in [1.82, 2.24) is 0 Å². The van der Waals surface area contributed by atoms with Gasteiger partial charge < -0.3 is 23.6 Å². The molecule has 0 atom stereocenters. The maximum absolute atomic E-state index is 12.4. The molecule has 0 bridgehead atoms. The topological polar surface area (TPSA) is 9.23 Å². The number of hydrogen-bond donors (Lipinski definition) is 4. The molecule has 0 aromatic carbocycles. The van der Waals surface area contributed by atoms with Gasteiger partial charge in [0.2, 0.25) is 9.36 Å². The first-order chi connectivity index (χ1) is 5.86. The van der Waals surface area contributed by atoms with Crippen LogP contribution in [0, 0.1) is 0 Å². The minimum Gasteiger partial charge on any atom is -1.00 e. The first-order valence-electron chi connectivity index (χ1n) is 2.77. The molecule has 0 unspecified atom stereocenters. The molecular formula is C4H4F6OS6-4. The Bertz CT molecular complexity index is 259. The number of rotatable bonds is 2. The SMILES string of the molecule is FSC1=C(SF)C(S)(S)C(S)(S)O1.[F-].[F-].[F-].[F-]. The van der Waals surface area contributed by atoms with Crippen molar-refractivity contribution in [1.29, 1.82) is 0 Å². The van der Waals surface area contributed by atoms with Crippen LogP contribution in [0.1, 0.15) is 0 Å². The van der Waals surface area contributed by atoms with E-state index in [2.05, 4.69) is 50.5 Å². The van der Waals surface area contributed by atoms with Crippen LogP contribution in [0.2, 0.25) is 0 Å². The molecule has 0 aromatic rings. The molecular weight excluding hydrogens is 370 g/mol. The first kappa shape index (κ1) is 26.7. The van der Waals surface area contributed by atoms with Crippen LogP contribution < -0.4 is 18.8 Å². The molecule has 17 heavy (non-hydrogen) atoms. The molecule has 0 N–H and O–H groups in total. The van der Waals surface area contributed by atoms with Crippen LogP contribution in [0.4, 0.5) is 7.77 Å². The number of ether oxygens (including phenoxy) is 1. The van der Waals surface area contributed by atoms with Gasteiger partial charge in [-0.05, 0) is 0 Å². The molecule has 1 heterocycles. The highest BCUT2D eigenvalue weighted by molar-refractivity contribution is 8.11. The average molecular weight is 374 g/mol. The summed E-state index contributed by atoms with van der Waals surface area (Å²) in [6.45, 7) is 0. The fraction of sp³-hybridized carbons (Fsp3) is 0.500. The zero-order valence-corrected chi connectivity index (χ0v) is 12.5. The van der Waals surface area contributed by atoms with E-state index in [1.807, 2.05) is 0 Å². The summed E-state index contributed by atoms with van der Waals surface area (Å²) in [5.41, 5.74) is 0. The van der Waals surface area contributed by atoms with Crippen LogP contribution in [-0.2, 0) is 4.74 Å². The standard InChI is InChI=1S/C4H4F2OS6.4FH/c5-12-1-2(13-6)7-4(10,11)3(1,8)9;;;;/h8-11H;4*1H/p-4. The molecule has 0 fully saturated rings. The van der Waals surface area contributed by atoms with Crippen molar-refractivity contribution in [3.63, 3.8) is 0 Å². The second kappa shape index (κ2) is 9.18. The number of thiol groups is 4. The summed E-state index contributed by atoms with van der Waals surface area (Å²) in [5.74, 6) is 0. The summed E-state index contributed by atoms with van der Waals surface area (Å²) in [5, 5.41) is -0.248. The van der Waals surface area contributed by atoms with Gasteiger partial charge in [0, 0.05) is 0 Å². The Morgan fingerprint density at radius 1 is 0.882 bits per heavy atom. The van der Waals surface area contributed by atoms with Crippen molar-refractivity contribution in [3.8, 4) is 0 Å². The number of halogens is 6. The van der Waals surface area contributed by atoms with E-state index in [-0.39, 0.29) is 53.1 Å². The Labute approximate surface area is 124 Å². The predicted molar refractivity (Wildman–Crippen MR) is 66.9 cm³/mol. The Morgan fingerprint density at radius 2 is 1.29 bits per heavy atom. The van der Waals surface area contributed by atoms with Crippen LogP contribution in [0.25, 0.3) is 0 Å². The van der Waals surface area contributed by atoms with Gasteiger partial charge >= 0.3 is 0 Å². The third-order valence-electron chi connectivity index (χ3n) is 1.34. The van der Waals surface area contributed by atoms with Gasteiger partial charge in [-0.25, -0.2) is 0 Å². The van der Waals surface area contributed by atoms with E-state index in [0.717, 1.165) is 0 Å². The smallest absolute Gasteiger partial charge is 0.225 e. The lowest BCUT2D eigenvalue weighted by Gasteiger charge is -2.29. The van der Waals surface area contributed by atoms with Gasteiger partial charge in [-0.3, -0.25) is 0 Å². The summed E-state index contributed by atoms with van der Waals surface area (Å²) in [4.78, 5) is -0.0864. The molecule has 108 valence electrons. The van der Waals surface area contributed by atoms with Gasteiger partial charge in [0.25, 0.3) is 0 Å². The van der Waals surface area contributed by atoms with Crippen LogP contribution in [0.15, 0.2) is 10.00 Å². The first-order valence-corrected chi connectivity index (χ1v) is 5.99. The zero-order valence-electron chi connectivity index (χ0n) is 7.28. The number of hydrogen-bond acceptors (Lipinski definition) is 7. The van der Waals surface area contributed by atoms with Crippen molar-refractivity contribution >= 4 is 74.8 Å². The van der Waals surface area contributed by atoms with E-state index < -0.39 is 8.34 Å². The fourth-order valence-electron chi connectivity index (χ4n) is 0.673. The molecule has 0 radical (unpaired) electrons. The van der Waals surface area contributed by atoms with Crippen molar-refractivity contribution in [2.45, 2.75) is 8.34 Å². The van der Waals surface area contributed by atoms with E-state index in [4.69, 9.17) is 4.74 Å². The van der Waals surface area contributed by atoms with Crippen molar-refractivity contribution < 1.29 is 31.3 Å². The van der Waals surface area contributed by atoms with Crippen molar-refractivity contribution in [3.05, 3.63) is 10.00 Å². The Hall–Kier alpha value is 1.22. The highest BCUT2D eigenvalue weighted by atomic mass is 32.2. The Balaban J connectivity index is -0.000000211. The van der Waals surface area contributed by atoms with Crippen molar-refractivity contribution in [2.75, 3.05) is 0 Å². The lowest BCUT2D eigenvalue weighted by Crippen LogP contribution is -3.00. The van der Waals surface area contributed by atoms with Crippen LogP contribution in [0.5, 0.6) is 0 Å². The molecule has 0 saturated heterocycles. The average Bonchev–Trinajstić information content (AvgIpc) is 2.19. The fourth-order valence-corrected chi connectivity index (χ4v) is 2.93. The quantitative estimate of drug-likeness (QED) is 0.217. The molecule has 0 spiro atoms. The maximum Gasteiger partial charge on any atom is 0.225 e. The third-order valence-corrected chi connectivity index (χ3v) is 5.48. The summed E-state index contributed by atoms with van der Waals surface area (Å²) >= 11 is 15.5. The largest absolute Gasteiger partial charge is 1.00 e. The van der Waals surface area contributed by atoms with Gasteiger partial charge in [0.15, 0.2) is 4.08 Å². The lowest BCUT2D eigenvalue weighted by molar-refractivity contribution is -0.00100. The second-order valence-electron chi connectivity index (χ2n) is 2.15. The van der Waals surface area contributed by atoms with Crippen LogP contribution in [0.3, 0.4) is 0 Å². The molecule has 1 aliphatic heterocycles. The van der Waals surface area contributed by atoms with Crippen LogP contribution in [-0.4, -0.2) is 8.34 Å². The monoisotopic (exact) mass is 374 g/mol. The molecule has 0 amide bonds. The summed E-state index contributed by atoms with van der Waals surface area (Å²) in [7, 11) is 0. The highest BCUT2D eigenvalue weighted by Gasteiger charge is 2.55. The van der Waals surface area contributed by atoms with Gasteiger partial charge in [-0.1, -0.05) is 0 Å².